The van der Waals surface area contributed by atoms with Gasteiger partial charge in [0.1, 0.15) is 0 Å². The van der Waals surface area contributed by atoms with Crippen molar-refractivity contribution in [2.45, 2.75) is 19.3 Å². The normalized spacial score (nSPS) is 26.1. The number of nitrogens with zero attached hydrogens (tertiary/aromatic N) is 2. The molecule has 0 atom stereocenters. The van der Waals surface area contributed by atoms with Gasteiger partial charge in [-0.25, -0.2) is 0 Å². The number of amides is 1. The second-order valence-corrected chi connectivity index (χ2v) is 4.93. The summed E-state index contributed by atoms with van der Waals surface area (Å²) in [6.45, 7) is 4.92. The Hall–Kier alpha value is -0.610. The molecule has 0 radical (unpaired) electrons. The van der Waals surface area contributed by atoms with Crippen molar-refractivity contribution in [1.82, 2.24) is 9.80 Å². The Balaban J connectivity index is 1.78. The maximum atomic E-state index is 10.5. The van der Waals surface area contributed by atoms with E-state index in [9.17, 15) is 9.90 Å². The van der Waals surface area contributed by atoms with Gasteiger partial charge in [-0.15, -0.1) is 0 Å². The predicted molar refractivity (Wildman–Crippen MR) is 57.4 cm³/mol. The van der Waals surface area contributed by atoms with E-state index in [1.54, 1.807) is 0 Å². The third-order valence-corrected chi connectivity index (χ3v) is 3.86. The van der Waals surface area contributed by atoms with Gasteiger partial charge in [0.2, 0.25) is 6.41 Å². The summed E-state index contributed by atoms with van der Waals surface area (Å²) in [6.07, 6.45) is 4.52. The summed E-state index contributed by atoms with van der Waals surface area (Å²) < 4.78 is 0. The number of carbonyl (C=O) groups excluding carboxylic acids is 1. The summed E-state index contributed by atoms with van der Waals surface area (Å²) in [4.78, 5) is 14.7. The van der Waals surface area contributed by atoms with Crippen LogP contribution >= 0.6 is 0 Å². The smallest absolute Gasteiger partial charge is 0.209 e. The van der Waals surface area contributed by atoms with Crippen molar-refractivity contribution in [2.75, 3.05) is 39.3 Å². The number of hydrogen-bond donors (Lipinski definition) is 1. The first-order chi connectivity index (χ1) is 7.28. The Morgan fingerprint density at radius 2 is 1.87 bits per heavy atom. The number of piperazine rings is 1. The molecule has 2 fully saturated rings. The Kier molecular flexibility index (Phi) is 3.26. The number of hydrogen-bond acceptors (Lipinski definition) is 3. The molecule has 86 valence electrons. The maximum Gasteiger partial charge on any atom is 0.209 e. The molecule has 0 aromatic carbocycles. The van der Waals surface area contributed by atoms with E-state index < -0.39 is 0 Å². The summed E-state index contributed by atoms with van der Waals surface area (Å²) in [7, 11) is 0. The Morgan fingerprint density at radius 1 is 1.20 bits per heavy atom. The van der Waals surface area contributed by atoms with Gasteiger partial charge < -0.3 is 10.0 Å². The van der Waals surface area contributed by atoms with E-state index in [4.69, 9.17) is 0 Å². The zero-order valence-electron chi connectivity index (χ0n) is 9.19. The fraction of sp³-hybridized carbons (Fsp3) is 0.909. The highest BCUT2D eigenvalue weighted by Crippen LogP contribution is 2.41. The van der Waals surface area contributed by atoms with Crippen LogP contribution in [0, 0.1) is 5.41 Å². The number of aliphatic hydroxyl groups excluding tert-OH is 1. The van der Waals surface area contributed by atoms with Crippen LogP contribution in [0.5, 0.6) is 0 Å². The molecule has 1 saturated carbocycles. The predicted octanol–water partition coefficient (Wildman–Crippen LogP) is -0.0770. The third-order valence-electron chi connectivity index (χ3n) is 3.86. The lowest BCUT2D eigenvalue weighted by molar-refractivity contribution is -0.120. The van der Waals surface area contributed by atoms with Crippen molar-refractivity contribution >= 4 is 6.41 Å². The number of rotatable bonds is 4. The van der Waals surface area contributed by atoms with E-state index >= 15 is 0 Å². The monoisotopic (exact) mass is 212 g/mol. The van der Waals surface area contributed by atoms with Crippen LogP contribution in [0.2, 0.25) is 0 Å². The minimum atomic E-state index is 0.184. The second kappa shape index (κ2) is 4.49. The summed E-state index contributed by atoms with van der Waals surface area (Å²) >= 11 is 0. The van der Waals surface area contributed by atoms with Crippen LogP contribution in [0.4, 0.5) is 0 Å². The van der Waals surface area contributed by atoms with Gasteiger partial charge in [0.05, 0.1) is 0 Å². The van der Waals surface area contributed by atoms with Crippen molar-refractivity contribution in [2.24, 2.45) is 5.41 Å². The molecule has 4 heteroatoms. The summed E-state index contributed by atoms with van der Waals surface area (Å²) in [5.74, 6) is 0. The molecular weight excluding hydrogens is 192 g/mol. The van der Waals surface area contributed by atoms with Crippen LogP contribution in [0.1, 0.15) is 19.3 Å². The van der Waals surface area contributed by atoms with Crippen LogP contribution in [0.25, 0.3) is 0 Å². The molecule has 2 rings (SSSR count). The standard InChI is InChI=1S/C11H20N2O2/c14-9-11(2-1-3-11)8-12-4-6-13(10-15)7-5-12/h10,14H,1-9H2. The molecule has 1 N–H and O–H groups in total. The Bertz CT molecular complexity index is 215. The number of carbonyl (C=O) groups is 1. The molecule has 0 aromatic rings. The third kappa shape index (κ3) is 2.32. The van der Waals surface area contributed by atoms with Gasteiger partial charge in [-0.3, -0.25) is 9.69 Å². The molecule has 1 amide bonds. The van der Waals surface area contributed by atoms with E-state index in [0.29, 0.717) is 6.61 Å². The van der Waals surface area contributed by atoms with E-state index in [0.717, 1.165) is 52.0 Å². The minimum Gasteiger partial charge on any atom is -0.396 e. The topological polar surface area (TPSA) is 43.8 Å². The molecule has 0 aromatic heterocycles. The molecule has 1 saturated heterocycles. The quantitative estimate of drug-likeness (QED) is 0.663. The zero-order chi connectivity index (χ0) is 10.7. The van der Waals surface area contributed by atoms with Gasteiger partial charge in [0.25, 0.3) is 0 Å². The first-order valence-electron chi connectivity index (χ1n) is 5.81. The SMILES string of the molecule is O=CN1CCN(CC2(CO)CCC2)CC1. The van der Waals surface area contributed by atoms with E-state index in [-0.39, 0.29) is 5.41 Å². The zero-order valence-corrected chi connectivity index (χ0v) is 9.19. The molecule has 2 aliphatic rings. The van der Waals surface area contributed by atoms with Gasteiger partial charge in [-0.1, -0.05) is 6.42 Å². The molecule has 0 unspecified atom stereocenters. The van der Waals surface area contributed by atoms with Crippen LogP contribution in [0.15, 0.2) is 0 Å². The summed E-state index contributed by atoms with van der Waals surface area (Å²) in [6, 6.07) is 0. The Labute approximate surface area is 90.9 Å². The molecule has 1 heterocycles. The van der Waals surface area contributed by atoms with Crippen LogP contribution in [-0.2, 0) is 4.79 Å². The van der Waals surface area contributed by atoms with Gasteiger partial charge in [-0.2, -0.15) is 0 Å². The van der Waals surface area contributed by atoms with Crippen molar-refractivity contribution < 1.29 is 9.90 Å². The summed E-state index contributed by atoms with van der Waals surface area (Å²) in [5, 5.41) is 9.37. The summed E-state index contributed by atoms with van der Waals surface area (Å²) in [5.41, 5.74) is 0.184. The first-order valence-corrected chi connectivity index (χ1v) is 5.81. The van der Waals surface area contributed by atoms with E-state index in [1.165, 1.54) is 6.42 Å². The maximum absolute atomic E-state index is 10.5. The molecule has 1 aliphatic carbocycles. The fourth-order valence-corrected chi connectivity index (χ4v) is 2.54. The Morgan fingerprint density at radius 3 is 2.27 bits per heavy atom. The highest BCUT2D eigenvalue weighted by Gasteiger charge is 2.38. The molecule has 4 nitrogen and oxygen atoms in total. The van der Waals surface area contributed by atoms with Crippen LogP contribution in [0.3, 0.4) is 0 Å². The lowest BCUT2D eigenvalue weighted by Gasteiger charge is -2.45. The lowest BCUT2D eigenvalue weighted by atomic mass is 9.69. The molecule has 15 heavy (non-hydrogen) atoms. The fourth-order valence-electron chi connectivity index (χ4n) is 2.54. The molecule has 1 aliphatic heterocycles. The van der Waals surface area contributed by atoms with Gasteiger partial charge in [-0.05, 0) is 12.8 Å². The van der Waals surface area contributed by atoms with Crippen molar-refractivity contribution in [3.8, 4) is 0 Å². The van der Waals surface area contributed by atoms with Gasteiger partial charge in [0.15, 0.2) is 0 Å². The largest absolute Gasteiger partial charge is 0.396 e. The average Bonchev–Trinajstić information content (AvgIpc) is 2.24. The highest BCUT2D eigenvalue weighted by molar-refractivity contribution is 5.47. The van der Waals surface area contributed by atoms with E-state index in [1.807, 2.05) is 4.90 Å². The van der Waals surface area contributed by atoms with Gasteiger partial charge in [0, 0.05) is 44.7 Å². The van der Waals surface area contributed by atoms with Crippen molar-refractivity contribution in [3.05, 3.63) is 0 Å². The molecular formula is C11H20N2O2. The highest BCUT2D eigenvalue weighted by atomic mass is 16.3. The second-order valence-electron chi connectivity index (χ2n) is 4.93. The first kappa shape index (κ1) is 10.9. The van der Waals surface area contributed by atoms with E-state index in [2.05, 4.69) is 4.90 Å². The molecule has 0 bridgehead atoms. The van der Waals surface area contributed by atoms with Crippen LogP contribution in [-0.4, -0.2) is 60.6 Å². The average molecular weight is 212 g/mol. The van der Waals surface area contributed by atoms with Gasteiger partial charge >= 0.3 is 0 Å². The minimum absolute atomic E-state index is 0.184. The number of aliphatic hydroxyl groups is 1. The van der Waals surface area contributed by atoms with Crippen molar-refractivity contribution in [3.63, 3.8) is 0 Å². The van der Waals surface area contributed by atoms with Crippen molar-refractivity contribution in [1.29, 1.82) is 0 Å². The molecule has 0 spiro atoms. The lowest BCUT2D eigenvalue weighted by Crippen LogP contribution is -2.52. The van der Waals surface area contributed by atoms with Crippen LogP contribution < -0.4 is 0 Å².